The van der Waals surface area contributed by atoms with Crippen molar-refractivity contribution in [2.75, 3.05) is 6.61 Å². The van der Waals surface area contributed by atoms with E-state index in [1.165, 1.54) is 0 Å². The van der Waals surface area contributed by atoms with Gasteiger partial charge in [0.2, 0.25) is 0 Å². The Morgan fingerprint density at radius 1 is 1.44 bits per heavy atom. The maximum Gasteiger partial charge on any atom is 0.338 e. The van der Waals surface area contributed by atoms with Crippen LogP contribution in [0.3, 0.4) is 0 Å². The summed E-state index contributed by atoms with van der Waals surface area (Å²) >= 11 is 4.85. The predicted molar refractivity (Wildman–Crippen MR) is 76.7 cm³/mol. The van der Waals surface area contributed by atoms with Gasteiger partial charge in [-0.1, -0.05) is 38.2 Å². The Kier molecular flexibility index (Phi) is 5.78. The number of nitrogens with two attached hydrogens (primary N) is 1. The van der Waals surface area contributed by atoms with Gasteiger partial charge in [-0.3, -0.25) is 0 Å². The lowest BCUT2D eigenvalue weighted by Crippen LogP contribution is -2.12. The molecule has 0 amide bonds. The highest BCUT2D eigenvalue weighted by atomic mass is 32.1. The van der Waals surface area contributed by atoms with Crippen molar-refractivity contribution in [2.24, 2.45) is 11.7 Å². The van der Waals surface area contributed by atoms with Gasteiger partial charge >= 0.3 is 5.97 Å². The summed E-state index contributed by atoms with van der Waals surface area (Å²) < 4.78 is 5.20. The summed E-state index contributed by atoms with van der Waals surface area (Å²) in [6.45, 7) is 4.64. The van der Waals surface area contributed by atoms with E-state index in [4.69, 9.17) is 22.7 Å². The minimum Gasteiger partial charge on any atom is -0.462 e. The molecule has 0 aliphatic heterocycles. The minimum absolute atomic E-state index is 0.291. The van der Waals surface area contributed by atoms with Crippen molar-refractivity contribution in [3.63, 3.8) is 0 Å². The first-order valence-electron chi connectivity index (χ1n) is 6.03. The molecule has 1 aromatic carbocycles. The van der Waals surface area contributed by atoms with Crippen LogP contribution >= 0.6 is 12.2 Å². The molecular formula is C14H19NO2S. The molecule has 1 aromatic rings. The van der Waals surface area contributed by atoms with Gasteiger partial charge in [-0.05, 0) is 30.0 Å². The first-order chi connectivity index (χ1) is 8.49. The van der Waals surface area contributed by atoms with E-state index in [2.05, 4.69) is 13.8 Å². The maximum absolute atomic E-state index is 11.8. The lowest BCUT2D eigenvalue weighted by Gasteiger charge is -2.07. The largest absolute Gasteiger partial charge is 0.462 e. The van der Waals surface area contributed by atoms with E-state index in [-0.39, 0.29) is 5.97 Å². The van der Waals surface area contributed by atoms with Gasteiger partial charge in [0.25, 0.3) is 0 Å². The van der Waals surface area contributed by atoms with E-state index in [9.17, 15) is 4.79 Å². The molecule has 0 saturated heterocycles. The van der Waals surface area contributed by atoms with Crippen LogP contribution in [0.1, 0.15) is 36.2 Å². The van der Waals surface area contributed by atoms with E-state index in [0.717, 1.165) is 12.0 Å². The average Bonchev–Trinajstić information content (AvgIpc) is 2.27. The highest BCUT2D eigenvalue weighted by molar-refractivity contribution is 7.80. The number of ether oxygens (including phenoxy) is 1. The van der Waals surface area contributed by atoms with Gasteiger partial charge < -0.3 is 10.5 Å². The van der Waals surface area contributed by atoms with Crippen LogP contribution in [0.2, 0.25) is 0 Å². The van der Waals surface area contributed by atoms with Crippen molar-refractivity contribution in [2.45, 2.75) is 26.7 Å². The van der Waals surface area contributed by atoms with Crippen molar-refractivity contribution in [3.05, 3.63) is 35.4 Å². The number of carbonyl (C=O) groups is 1. The summed E-state index contributed by atoms with van der Waals surface area (Å²) in [5.74, 6) is 0.235. The summed E-state index contributed by atoms with van der Waals surface area (Å²) in [7, 11) is 0. The second kappa shape index (κ2) is 7.11. The summed E-state index contributed by atoms with van der Waals surface area (Å²) in [5, 5.41) is 0. The summed E-state index contributed by atoms with van der Waals surface area (Å²) in [5.41, 5.74) is 6.96. The van der Waals surface area contributed by atoms with Crippen LogP contribution in [0.25, 0.3) is 0 Å². The Hall–Kier alpha value is -1.42. The molecule has 0 unspecified atom stereocenters. The van der Waals surface area contributed by atoms with Crippen LogP contribution in [-0.4, -0.2) is 17.6 Å². The SMILES string of the molecule is CC(C)CCOC(=O)c1cccc(CC(N)=S)c1. The van der Waals surface area contributed by atoms with Crippen LogP contribution in [0.5, 0.6) is 0 Å². The van der Waals surface area contributed by atoms with Crippen LogP contribution in [-0.2, 0) is 11.2 Å². The third kappa shape index (κ3) is 5.27. The Morgan fingerprint density at radius 2 is 2.17 bits per heavy atom. The number of carbonyl (C=O) groups excluding carboxylic acids is 1. The lowest BCUT2D eigenvalue weighted by atomic mass is 10.1. The molecule has 0 atom stereocenters. The Labute approximate surface area is 113 Å². The van der Waals surface area contributed by atoms with Crippen LogP contribution in [0.15, 0.2) is 24.3 Å². The molecule has 0 spiro atoms. The average molecular weight is 265 g/mol. The van der Waals surface area contributed by atoms with Crippen molar-refractivity contribution < 1.29 is 9.53 Å². The van der Waals surface area contributed by atoms with Crippen LogP contribution in [0.4, 0.5) is 0 Å². The smallest absolute Gasteiger partial charge is 0.338 e. The molecule has 2 N–H and O–H groups in total. The van der Waals surface area contributed by atoms with Gasteiger partial charge in [0.15, 0.2) is 0 Å². The number of rotatable bonds is 6. The van der Waals surface area contributed by atoms with Crippen molar-refractivity contribution in [1.82, 2.24) is 0 Å². The molecule has 3 nitrogen and oxygen atoms in total. The van der Waals surface area contributed by atoms with Gasteiger partial charge in [-0.15, -0.1) is 0 Å². The molecule has 0 saturated carbocycles. The van der Waals surface area contributed by atoms with Gasteiger partial charge in [-0.2, -0.15) is 0 Å². The van der Waals surface area contributed by atoms with Gasteiger partial charge in [0, 0.05) is 6.42 Å². The lowest BCUT2D eigenvalue weighted by molar-refractivity contribution is 0.0488. The Morgan fingerprint density at radius 3 is 2.78 bits per heavy atom. The van der Waals surface area contributed by atoms with Crippen molar-refractivity contribution in [3.8, 4) is 0 Å². The van der Waals surface area contributed by atoms with E-state index in [1.807, 2.05) is 12.1 Å². The normalized spacial score (nSPS) is 10.4. The fourth-order valence-corrected chi connectivity index (χ4v) is 1.65. The van der Waals surface area contributed by atoms with Gasteiger partial charge in [0.05, 0.1) is 17.2 Å². The Bertz CT molecular complexity index is 430. The second-order valence-electron chi connectivity index (χ2n) is 4.66. The third-order valence-electron chi connectivity index (χ3n) is 2.47. The van der Waals surface area contributed by atoms with Crippen molar-refractivity contribution >= 4 is 23.2 Å². The number of hydrogen-bond donors (Lipinski definition) is 1. The topological polar surface area (TPSA) is 52.3 Å². The molecule has 0 bridgehead atoms. The summed E-state index contributed by atoms with van der Waals surface area (Å²) in [6, 6.07) is 7.22. The molecule has 1 rings (SSSR count). The van der Waals surface area contributed by atoms with E-state index in [1.54, 1.807) is 12.1 Å². The number of benzene rings is 1. The molecule has 0 aromatic heterocycles. The molecule has 0 heterocycles. The molecule has 4 heteroatoms. The minimum atomic E-state index is -0.291. The zero-order valence-electron chi connectivity index (χ0n) is 10.8. The standard InChI is InChI=1S/C14H19NO2S/c1-10(2)6-7-17-14(16)12-5-3-4-11(8-12)9-13(15)18/h3-5,8,10H,6-7,9H2,1-2H3,(H2,15,18). The first-order valence-corrected chi connectivity index (χ1v) is 6.44. The van der Waals surface area contributed by atoms with Gasteiger partial charge in [-0.25, -0.2) is 4.79 Å². The van der Waals surface area contributed by atoms with E-state index in [0.29, 0.717) is 29.5 Å². The highest BCUT2D eigenvalue weighted by Gasteiger charge is 2.08. The maximum atomic E-state index is 11.8. The van der Waals surface area contributed by atoms with Crippen molar-refractivity contribution in [1.29, 1.82) is 0 Å². The van der Waals surface area contributed by atoms with Crippen LogP contribution in [0, 0.1) is 5.92 Å². The number of esters is 1. The predicted octanol–water partition coefficient (Wildman–Crippen LogP) is 2.72. The molecule has 0 fully saturated rings. The number of thiocarbonyl (C=S) groups is 1. The zero-order chi connectivity index (χ0) is 13.5. The highest BCUT2D eigenvalue weighted by Crippen LogP contribution is 2.09. The summed E-state index contributed by atoms with van der Waals surface area (Å²) in [4.78, 5) is 12.2. The molecule has 0 radical (unpaired) electrons. The van der Waals surface area contributed by atoms with Gasteiger partial charge in [0.1, 0.15) is 0 Å². The zero-order valence-corrected chi connectivity index (χ0v) is 11.6. The molecular weight excluding hydrogens is 246 g/mol. The third-order valence-corrected chi connectivity index (χ3v) is 2.61. The van der Waals surface area contributed by atoms with Crippen LogP contribution < -0.4 is 5.73 Å². The first kappa shape index (κ1) is 14.6. The molecule has 18 heavy (non-hydrogen) atoms. The molecule has 98 valence electrons. The fourth-order valence-electron chi connectivity index (χ4n) is 1.48. The molecule has 0 aliphatic carbocycles. The van der Waals surface area contributed by atoms with E-state index < -0.39 is 0 Å². The monoisotopic (exact) mass is 265 g/mol. The summed E-state index contributed by atoms with van der Waals surface area (Å²) in [6.07, 6.45) is 1.38. The Balaban J connectivity index is 2.59. The molecule has 0 aliphatic rings. The quantitative estimate of drug-likeness (QED) is 0.634. The fraction of sp³-hybridized carbons (Fsp3) is 0.429. The van der Waals surface area contributed by atoms with E-state index >= 15 is 0 Å². The number of hydrogen-bond acceptors (Lipinski definition) is 3. The second-order valence-corrected chi connectivity index (χ2v) is 5.19.